The predicted molar refractivity (Wildman–Crippen MR) is 64.5 cm³/mol. The first kappa shape index (κ1) is 14.5. The molecule has 16 heavy (non-hydrogen) atoms. The molecule has 0 amide bonds. The zero-order chi connectivity index (χ0) is 12.4. The average molecular weight is 224 g/mol. The lowest BCUT2D eigenvalue weighted by Crippen LogP contribution is -2.17. The fourth-order valence-corrected chi connectivity index (χ4v) is 0.828. The second-order valence-corrected chi connectivity index (χ2v) is 4.07. The quantitative estimate of drug-likeness (QED) is 0.740. The van der Waals surface area contributed by atoms with Gasteiger partial charge in [0.2, 0.25) is 0 Å². The van der Waals surface area contributed by atoms with Crippen molar-refractivity contribution in [3.05, 3.63) is 30.3 Å². The molecular formula is C13H20O3. The van der Waals surface area contributed by atoms with Crippen LogP contribution in [0.5, 0.6) is 5.75 Å². The SMILES string of the molecule is CC(C)(C)OC=O.CCOc1ccccc1. The largest absolute Gasteiger partial charge is 0.494 e. The van der Waals surface area contributed by atoms with Gasteiger partial charge in [-0.2, -0.15) is 0 Å². The highest BCUT2D eigenvalue weighted by Crippen LogP contribution is 2.06. The van der Waals surface area contributed by atoms with Crippen LogP contribution >= 0.6 is 0 Å². The Morgan fingerprint density at radius 3 is 2.06 bits per heavy atom. The third-order valence-electron chi connectivity index (χ3n) is 1.46. The third-order valence-corrected chi connectivity index (χ3v) is 1.46. The van der Waals surface area contributed by atoms with Crippen LogP contribution in [-0.4, -0.2) is 18.7 Å². The summed E-state index contributed by atoms with van der Waals surface area (Å²) >= 11 is 0. The van der Waals surface area contributed by atoms with Crippen molar-refractivity contribution in [2.24, 2.45) is 0 Å². The minimum absolute atomic E-state index is 0.318. The molecule has 1 aromatic carbocycles. The van der Waals surface area contributed by atoms with Crippen LogP contribution in [0.15, 0.2) is 30.3 Å². The number of ether oxygens (including phenoxy) is 2. The van der Waals surface area contributed by atoms with Gasteiger partial charge in [0.05, 0.1) is 6.61 Å². The molecule has 0 N–H and O–H groups in total. The molecule has 0 aliphatic carbocycles. The first-order valence-electron chi connectivity index (χ1n) is 5.29. The lowest BCUT2D eigenvalue weighted by atomic mass is 10.2. The predicted octanol–water partition coefficient (Wildman–Crippen LogP) is 3.04. The first-order valence-corrected chi connectivity index (χ1v) is 5.29. The summed E-state index contributed by atoms with van der Waals surface area (Å²) in [6, 6.07) is 9.80. The summed E-state index contributed by atoms with van der Waals surface area (Å²) in [7, 11) is 0. The Labute approximate surface area is 97.4 Å². The molecule has 0 radical (unpaired) electrons. The standard InChI is InChI=1S/C8H10O.C5H10O2/c1-2-9-8-6-4-3-5-7-8;1-5(2,3)7-4-6/h3-7H,2H2,1H3;4H,1-3H3. The van der Waals surface area contributed by atoms with Crippen LogP contribution in [0.4, 0.5) is 0 Å². The third kappa shape index (κ3) is 9.06. The second-order valence-electron chi connectivity index (χ2n) is 4.07. The molecule has 0 unspecified atom stereocenters. The molecule has 1 aromatic rings. The van der Waals surface area contributed by atoms with Gasteiger partial charge in [-0.3, -0.25) is 4.79 Å². The van der Waals surface area contributed by atoms with E-state index in [1.165, 1.54) is 0 Å². The normalized spacial score (nSPS) is 9.75. The van der Waals surface area contributed by atoms with Crippen LogP contribution < -0.4 is 4.74 Å². The van der Waals surface area contributed by atoms with Crippen LogP contribution in [0.2, 0.25) is 0 Å². The maximum Gasteiger partial charge on any atom is 0.293 e. The van der Waals surface area contributed by atoms with Crippen molar-refractivity contribution in [1.82, 2.24) is 0 Å². The molecule has 90 valence electrons. The molecule has 0 bridgehead atoms. The molecule has 0 atom stereocenters. The topological polar surface area (TPSA) is 35.5 Å². The molecule has 0 heterocycles. The Morgan fingerprint density at radius 2 is 1.75 bits per heavy atom. The summed E-state index contributed by atoms with van der Waals surface area (Å²) in [6.07, 6.45) is 0. The molecule has 0 saturated heterocycles. The minimum atomic E-state index is -0.318. The maximum atomic E-state index is 9.60. The number of carbonyl (C=O) groups is 1. The minimum Gasteiger partial charge on any atom is -0.494 e. The number of hydrogen-bond acceptors (Lipinski definition) is 3. The Kier molecular flexibility index (Phi) is 7.01. The van der Waals surface area contributed by atoms with E-state index >= 15 is 0 Å². The maximum absolute atomic E-state index is 9.60. The summed E-state index contributed by atoms with van der Waals surface area (Å²) in [4.78, 5) is 9.60. The number of rotatable bonds is 3. The summed E-state index contributed by atoms with van der Waals surface area (Å²) in [5.41, 5.74) is -0.318. The van der Waals surface area contributed by atoms with Crippen LogP contribution in [0, 0.1) is 0 Å². The van der Waals surface area contributed by atoms with Gasteiger partial charge < -0.3 is 9.47 Å². The number of hydrogen-bond donors (Lipinski definition) is 0. The van der Waals surface area contributed by atoms with Gasteiger partial charge in [0, 0.05) is 0 Å². The van der Waals surface area contributed by atoms with Crippen LogP contribution in [-0.2, 0) is 9.53 Å². The van der Waals surface area contributed by atoms with Gasteiger partial charge in [-0.1, -0.05) is 18.2 Å². The van der Waals surface area contributed by atoms with E-state index in [1.54, 1.807) is 0 Å². The first-order chi connectivity index (χ1) is 7.49. The van der Waals surface area contributed by atoms with Crippen molar-refractivity contribution in [1.29, 1.82) is 0 Å². The average Bonchev–Trinajstić information content (AvgIpc) is 2.19. The second kappa shape index (κ2) is 7.74. The van der Waals surface area contributed by atoms with Gasteiger partial charge in [-0.25, -0.2) is 0 Å². The molecule has 0 saturated carbocycles. The highest BCUT2D eigenvalue weighted by Gasteiger charge is 2.07. The van der Waals surface area contributed by atoms with E-state index < -0.39 is 0 Å². The van der Waals surface area contributed by atoms with E-state index in [1.807, 2.05) is 58.0 Å². The summed E-state index contributed by atoms with van der Waals surface area (Å²) in [5, 5.41) is 0. The monoisotopic (exact) mass is 224 g/mol. The van der Waals surface area contributed by atoms with E-state index in [2.05, 4.69) is 4.74 Å². The van der Waals surface area contributed by atoms with Crippen molar-refractivity contribution in [3.8, 4) is 5.75 Å². The summed E-state index contributed by atoms with van der Waals surface area (Å²) < 4.78 is 9.75. The molecule has 0 spiro atoms. The Hall–Kier alpha value is -1.51. The van der Waals surface area contributed by atoms with E-state index in [-0.39, 0.29) is 5.60 Å². The number of carbonyl (C=O) groups excluding carboxylic acids is 1. The zero-order valence-electron chi connectivity index (χ0n) is 10.4. The number of para-hydroxylation sites is 1. The van der Waals surface area contributed by atoms with E-state index in [0.717, 1.165) is 12.4 Å². The van der Waals surface area contributed by atoms with Crippen molar-refractivity contribution in [2.75, 3.05) is 6.61 Å². The van der Waals surface area contributed by atoms with Crippen LogP contribution in [0.3, 0.4) is 0 Å². The van der Waals surface area contributed by atoms with Crippen LogP contribution in [0.1, 0.15) is 27.7 Å². The molecule has 0 aliphatic heterocycles. The Balaban J connectivity index is 0.000000293. The van der Waals surface area contributed by atoms with E-state index in [4.69, 9.17) is 4.74 Å². The van der Waals surface area contributed by atoms with Crippen molar-refractivity contribution >= 4 is 6.47 Å². The molecular weight excluding hydrogens is 204 g/mol. The molecule has 3 heteroatoms. The van der Waals surface area contributed by atoms with Gasteiger partial charge >= 0.3 is 0 Å². The highest BCUT2D eigenvalue weighted by molar-refractivity contribution is 5.37. The lowest BCUT2D eigenvalue weighted by Gasteiger charge is -2.14. The Bertz CT molecular complexity index is 275. The molecule has 0 aliphatic rings. The van der Waals surface area contributed by atoms with Gasteiger partial charge in [-0.15, -0.1) is 0 Å². The molecule has 0 fully saturated rings. The van der Waals surface area contributed by atoms with Crippen molar-refractivity contribution in [2.45, 2.75) is 33.3 Å². The van der Waals surface area contributed by atoms with Crippen molar-refractivity contribution in [3.63, 3.8) is 0 Å². The molecule has 3 nitrogen and oxygen atoms in total. The van der Waals surface area contributed by atoms with Gasteiger partial charge in [0.25, 0.3) is 6.47 Å². The number of benzene rings is 1. The molecule has 0 aromatic heterocycles. The van der Waals surface area contributed by atoms with Gasteiger partial charge in [-0.05, 0) is 39.8 Å². The fraction of sp³-hybridized carbons (Fsp3) is 0.462. The zero-order valence-corrected chi connectivity index (χ0v) is 10.4. The fourth-order valence-electron chi connectivity index (χ4n) is 0.828. The summed E-state index contributed by atoms with van der Waals surface area (Å²) in [6.45, 7) is 8.64. The molecule has 1 rings (SSSR count). The smallest absolute Gasteiger partial charge is 0.293 e. The van der Waals surface area contributed by atoms with Crippen molar-refractivity contribution < 1.29 is 14.3 Å². The highest BCUT2D eigenvalue weighted by atomic mass is 16.5. The van der Waals surface area contributed by atoms with Gasteiger partial charge in [0.15, 0.2) is 0 Å². The lowest BCUT2D eigenvalue weighted by molar-refractivity contribution is -0.138. The van der Waals surface area contributed by atoms with E-state index in [9.17, 15) is 4.79 Å². The van der Waals surface area contributed by atoms with Crippen LogP contribution in [0.25, 0.3) is 0 Å². The Morgan fingerprint density at radius 1 is 1.19 bits per heavy atom. The van der Waals surface area contributed by atoms with Gasteiger partial charge in [0.1, 0.15) is 11.4 Å². The van der Waals surface area contributed by atoms with E-state index in [0.29, 0.717) is 6.47 Å². The summed E-state index contributed by atoms with van der Waals surface area (Å²) in [5.74, 6) is 0.944.